The van der Waals surface area contributed by atoms with Crippen LogP contribution in [0.15, 0.2) is 60.8 Å². The summed E-state index contributed by atoms with van der Waals surface area (Å²) in [5.41, 5.74) is 2.78. The number of hydrogen-bond donors (Lipinski definition) is 3. The maximum atomic E-state index is 12.8. The Labute approximate surface area is 210 Å². The van der Waals surface area contributed by atoms with Crippen LogP contribution in [0.25, 0.3) is 0 Å². The third-order valence-electron chi connectivity index (χ3n) is 5.79. The standard InChI is InChI=1S/C26H29ClN6O2/c1-18(28)24-15-21(16-30-25(24)29-2)31-26(34)33-12-10-32(11-13-33)17-19-4-3-5-23(14-19)35-22-8-6-20(27)7-9-22/h3-9,14-16,28H,10-13,17H2,1-2H3,(H,29,30)(H,31,34). The molecule has 0 aliphatic carbocycles. The molecule has 35 heavy (non-hydrogen) atoms. The number of hydrogen-bond acceptors (Lipinski definition) is 6. The van der Waals surface area contributed by atoms with E-state index in [1.54, 1.807) is 43.3 Å². The zero-order valence-electron chi connectivity index (χ0n) is 19.8. The van der Waals surface area contributed by atoms with E-state index in [0.717, 1.165) is 36.7 Å². The molecule has 0 spiro atoms. The molecule has 2 amide bonds. The summed E-state index contributed by atoms with van der Waals surface area (Å²) in [5.74, 6) is 2.14. The summed E-state index contributed by atoms with van der Waals surface area (Å²) in [7, 11) is 1.76. The van der Waals surface area contributed by atoms with Crippen LogP contribution in [0, 0.1) is 5.41 Å². The van der Waals surface area contributed by atoms with Gasteiger partial charge in [0, 0.05) is 56.1 Å². The average Bonchev–Trinajstić information content (AvgIpc) is 2.86. The third-order valence-corrected chi connectivity index (χ3v) is 6.05. The van der Waals surface area contributed by atoms with Crippen molar-refractivity contribution in [2.24, 2.45) is 0 Å². The molecule has 1 aliphatic rings. The molecule has 0 bridgehead atoms. The predicted molar refractivity (Wildman–Crippen MR) is 140 cm³/mol. The fourth-order valence-electron chi connectivity index (χ4n) is 3.93. The summed E-state index contributed by atoms with van der Waals surface area (Å²) in [6.07, 6.45) is 1.60. The first-order valence-corrected chi connectivity index (χ1v) is 11.8. The van der Waals surface area contributed by atoms with Gasteiger partial charge in [-0.3, -0.25) is 4.90 Å². The summed E-state index contributed by atoms with van der Waals surface area (Å²) in [5, 5.41) is 14.5. The molecule has 3 N–H and O–H groups in total. The van der Waals surface area contributed by atoms with Gasteiger partial charge in [-0.25, -0.2) is 9.78 Å². The van der Waals surface area contributed by atoms with Crippen molar-refractivity contribution in [1.29, 1.82) is 5.41 Å². The largest absolute Gasteiger partial charge is 0.457 e. The lowest BCUT2D eigenvalue weighted by Gasteiger charge is -2.34. The predicted octanol–water partition coefficient (Wildman–Crippen LogP) is 5.31. The maximum absolute atomic E-state index is 12.8. The molecular formula is C26H29ClN6O2. The molecule has 0 unspecified atom stereocenters. The van der Waals surface area contributed by atoms with E-state index in [1.807, 2.05) is 30.3 Å². The van der Waals surface area contributed by atoms with E-state index in [4.69, 9.17) is 21.7 Å². The summed E-state index contributed by atoms with van der Waals surface area (Å²) < 4.78 is 5.95. The van der Waals surface area contributed by atoms with Crippen LogP contribution in [0.2, 0.25) is 5.02 Å². The first-order chi connectivity index (χ1) is 16.9. The quantitative estimate of drug-likeness (QED) is 0.389. The van der Waals surface area contributed by atoms with Crippen molar-refractivity contribution in [3.05, 3.63) is 76.9 Å². The van der Waals surface area contributed by atoms with E-state index in [9.17, 15) is 4.79 Å². The summed E-state index contributed by atoms with van der Waals surface area (Å²) in [6, 6.07) is 17.0. The number of nitrogens with one attached hydrogen (secondary N) is 3. The number of rotatable bonds is 7. The summed E-state index contributed by atoms with van der Waals surface area (Å²) in [4.78, 5) is 21.2. The lowest BCUT2D eigenvalue weighted by molar-refractivity contribution is 0.143. The number of amides is 2. The average molecular weight is 493 g/mol. The number of pyridine rings is 1. The van der Waals surface area contributed by atoms with Crippen LogP contribution in [-0.2, 0) is 6.54 Å². The number of carbonyl (C=O) groups is 1. The van der Waals surface area contributed by atoms with Gasteiger partial charge in [0.25, 0.3) is 0 Å². The lowest BCUT2D eigenvalue weighted by Crippen LogP contribution is -2.49. The molecule has 9 heteroatoms. The minimum absolute atomic E-state index is 0.157. The van der Waals surface area contributed by atoms with E-state index >= 15 is 0 Å². The number of ether oxygens (including phenoxy) is 1. The molecule has 1 saturated heterocycles. The number of carbonyl (C=O) groups excluding carboxylic acids is 1. The smallest absolute Gasteiger partial charge is 0.321 e. The van der Waals surface area contributed by atoms with Gasteiger partial charge < -0.3 is 25.7 Å². The van der Waals surface area contributed by atoms with Crippen molar-refractivity contribution in [2.75, 3.05) is 43.9 Å². The van der Waals surface area contributed by atoms with Gasteiger partial charge in [0.2, 0.25) is 0 Å². The fraction of sp³-hybridized carbons (Fsp3) is 0.269. The first kappa shape index (κ1) is 24.5. The van der Waals surface area contributed by atoms with Gasteiger partial charge >= 0.3 is 6.03 Å². The molecule has 0 atom stereocenters. The van der Waals surface area contributed by atoms with Crippen molar-refractivity contribution >= 4 is 34.8 Å². The Kier molecular flexibility index (Phi) is 7.84. The molecule has 0 saturated carbocycles. The van der Waals surface area contributed by atoms with Gasteiger partial charge in [0.1, 0.15) is 17.3 Å². The molecule has 0 radical (unpaired) electrons. The van der Waals surface area contributed by atoms with Crippen LogP contribution >= 0.6 is 11.6 Å². The Morgan fingerprint density at radius 1 is 1.09 bits per heavy atom. The van der Waals surface area contributed by atoms with Crippen molar-refractivity contribution in [3.8, 4) is 11.5 Å². The normalized spacial score (nSPS) is 13.9. The Morgan fingerprint density at radius 2 is 1.83 bits per heavy atom. The highest BCUT2D eigenvalue weighted by Crippen LogP contribution is 2.24. The number of urea groups is 1. The topological polar surface area (TPSA) is 93.6 Å². The van der Waals surface area contributed by atoms with Gasteiger partial charge in [0.05, 0.1) is 11.9 Å². The Hall–Kier alpha value is -3.62. The Bertz CT molecular complexity index is 1190. The highest BCUT2D eigenvalue weighted by atomic mass is 35.5. The van der Waals surface area contributed by atoms with Crippen LogP contribution < -0.4 is 15.4 Å². The molecule has 2 aromatic carbocycles. The second-order valence-corrected chi connectivity index (χ2v) is 8.83. The van der Waals surface area contributed by atoms with Crippen LogP contribution in [-0.4, -0.2) is 59.8 Å². The Balaban J connectivity index is 1.30. The molecular weight excluding hydrogens is 464 g/mol. The lowest BCUT2D eigenvalue weighted by atomic mass is 10.1. The minimum Gasteiger partial charge on any atom is -0.457 e. The Morgan fingerprint density at radius 3 is 2.51 bits per heavy atom. The van der Waals surface area contributed by atoms with Crippen LogP contribution in [0.1, 0.15) is 18.1 Å². The zero-order chi connectivity index (χ0) is 24.8. The molecule has 3 aromatic rings. The number of piperazine rings is 1. The maximum Gasteiger partial charge on any atom is 0.321 e. The van der Waals surface area contributed by atoms with Gasteiger partial charge in [-0.15, -0.1) is 0 Å². The van der Waals surface area contributed by atoms with E-state index in [0.29, 0.717) is 40.9 Å². The van der Waals surface area contributed by atoms with Gasteiger partial charge in [-0.05, 0) is 55.0 Å². The number of anilines is 2. The van der Waals surface area contributed by atoms with Gasteiger partial charge in [-0.1, -0.05) is 23.7 Å². The number of aromatic nitrogens is 1. The first-order valence-electron chi connectivity index (χ1n) is 11.5. The monoisotopic (exact) mass is 492 g/mol. The molecule has 1 aliphatic heterocycles. The van der Waals surface area contributed by atoms with Gasteiger partial charge in [0.15, 0.2) is 0 Å². The van der Waals surface area contributed by atoms with Crippen LogP contribution in [0.3, 0.4) is 0 Å². The highest BCUT2D eigenvalue weighted by Gasteiger charge is 2.22. The SMILES string of the molecule is CNc1ncc(NC(=O)N2CCN(Cc3cccc(Oc4ccc(Cl)cc4)c3)CC2)cc1C(C)=N. The molecule has 182 valence electrons. The van der Waals surface area contributed by atoms with Crippen molar-refractivity contribution in [3.63, 3.8) is 0 Å². The molecule has 4 rings (SSSR count). The van der Waals surface area contributed by atoms with E-state index in [1.165, 1.54) is 0 Å². The molecule has 8 nitrogen and oxygen atoms in total. The highest BCUT2D eigenvalue weighted by molar-refractivity contribution is 6.30. The number of halogens is 1. The summed E-state index contributed by atoms with van der Waals surface area (Å²) in [6.45, 7) is 5.29. The van der Waals surface area contributed by atoms with Crippen molar-refractivity contribution in [2.45, 2.75) is 13.5 Å². The van der Waals surface area contributed by atoms with E-state index in [-0.39, 0.29) is 6.03 Å². The second-order valence-electron chi connectivity index (χ2n) is 8.39. The van der Waals surface area contributed by atoms with E-state index < -0.39 is 0 Å². The fourth-order valence-corrected chi connectivity index (χ4v) is 4.06. The minimum atomic E-state index is -0.157. The second kappa shape index (κ2) is 11.2. The van der Waals surface area contributed by atoms with Crippen LogP contribution in [0.4, 0.5) is 16.3 Å². The summed E-state index contributed by atoms with van der Waals surface area (Å²) >= 11 is 5.94. The number of nitrogens with zero attached hydrogens (tertiary/aromatic N) is 3. The van der Waals surface area contributed by atoms with Crippen molar-refractivity contribution in [1.82, 2.24) is 14.8 Å². The number of benzene rings is 2. The van der Waals surface area contributed by atoms with Crippen LogP contribution in [0.5, 0.6) is 11.5 Å². The molecule has 1 fully saturated rings. The zero-order valence-corrected chi connectivity index (χ0v) is 20.6. The molecule has 2 heterocycles. The van der Waals surface area contributed by atoms with E-state index in [2.05, 4.69) is 26.6 Å². The molecule has 1 aromatic heterocycles. The third kappa shape index (κ3) is 6.49. The van der Waals surface area contributed by atoms with Crippen molar-refractivity contribution < 1.29 is 9.53 Å². The van der Waals surface area contributed by atoms with Gasteiger partial charge in [-0.2, -0.15) is 0 Å².